The third-order valence-corrected chi connectivity index (χ3v) is 2.47. The molecule has 0 heterocycles. The molecule has 0 fully saturated rings. The van der Waals surface area contributed by atoms with Crippen LogP contribution >= 0.6 is 22.3 Å². The quantitative estimate of drug-likeness (QED) is 0.352. The largest absolute Gasteiger partial charge is 2.00 e. The Morgan fingerprint density at radius 2 is 1.19 bits per heavy atom. The Balaban J connectivity index is -0.000000316. The normalized spacial score (nSPS) is 9.71. The molecule has 3 heteroatoms. The fourth-order valence-electron chi connectivity index (χ4n) is 1.60. The second-order valence-electron chi connectivity index (χ2n) is 3.74. The van der Waals surface area contributed by atoms with E-state index in [-0.39, 0.29) is 46.2 Å². The molecule has 21 heavy (non-hydrogen) atoms. The van der Waals surface area contributed by atoms with Gasteiger partial charge in [0.25, 0.3) is 0 Å². The summed E-state index contributed by atoms with van der Waals surface area (Å²) in [4.78, 5) is 0. The van der Waals surface area contributed by atoms with Gasteiger partial charge in [0.1, 0.15) is 0 Å². The van der Waals surface area contributed by atoms with Gasteiger partial charge in [-0.3, -0.25) is 6.08 Å². The third kappa shape index (κ3) is 9.64. The van der Waals surface area contributed by atoms with Crippen LogP contribution in [0.4, 0.5) is 0 Å². The Labute approximate surface area is 148 Å². The molecular weight excluding hydrogens is 341 g/mol. The number of rotatable bonds is 1. The first kappa shape index (κ1) is 25.1. The summed E-state index contributed by atoms with van der Waals surface area (Å²) < 4.78 is 0. The average Bonchev–Trinajstić information content (AvgIpc) is 3.00. The monoisotopic (exact) mass is 362 g/mol. The number of halogens is 1. The van der Waals surface area contributed by atoms with Gasteiger partial charge in [0.05, 0.1) is 0 Å². The molecule has 0 aliphatic heterocycles. The van der Waals surface area contributed by atoms with Crippen molar-refractivity contribution in [3.63, 3.8) is 0 Å². The minimum absolute atomic E-state index is 0. The summed E-state index contributed by atoms with van der Waals surface area (Å²) in [6.07, 6.45) is 10.0. The van der Waals surface area contributed by atoms with Crippen LogP contribution in [0.15, 0.2) is 78.9 Å². The SMILES string of the molecule is Cl.P.[C-]1=CC=CC1.[CH3-].[Ni+2].c1ccc(-c2ccccc2)cc1. The van der Waals surface area contributed by atoms with Crippen LogP contribution in [0.5, 0.6) is 0 Å². The summed E-state index contributed by atoms with van der Waals surface area (Å²) in [7, 11) is 0. The summed E-state index contributed by atoms with van der Waals surface area (Å²) in [6.45, 7) is 0. The molecule has 0 aromatic heterocycles. The molecule has 0 amide bonds. The van der Waals surface area contributed by atoms with Crippen molar-refractivity contribution in [3.05, 3.63) is 92.4 Å². The van der Waals surface area contributed by atoms with Gasteiger partial charge in [-0.1, -0.05) is 60.7 Å². The van der Waals surface area contributed by atoms with Crippen molar-refractivity contribution >= 4 is 22.3 Å². The Kier molecular flexibility index (Phi) is 18.6. The van der Waals surface area contributed by atoms with Crippen LogP contribution < -0.4 is 0 Å². The van der Waals surface area contributed by atoms with E-state index in [1.165, 1.54) is 11.1 Å². The van der Waals surface area contributed by atoms with Gasteiger partial charge >= 0.3 is 16.5 Å². The molecule has 1 unspecified atom stereocenters. The molecule has 3 rings (SSSR count). The van der Waals surface area contributed by atoms with E-state index in [1.807, 2.05) is 24.3 Å². The molecule has 0 saturated carbocycles. The number of hydrogen-bond donors (Lipinski definition) is 0. The van der Waals surface area contributed by atoms with E-state index >= 15 is 0 Å². The van der Waals surface area contributed by atoms with Crippen molar-refractivity contribution in [2.75, 3.05) is 0 Å². The fourth-order valence-corrected chi connectivity index (χ4v) is 1.60. The molecule has 2 aromatic rings. The maximum absolute atomic E-state index is 2.99. The van der Waals surface area contributed by atoms with Crippen molar-refractivity contribution in [1.29, 1.82) is 0 Å². The number of hydrogen-bond acceptors (Lipinski definition) is 0. The van der Waals surface area contributed by atoms with Gasteiger partial charge in [0.15, 0.2) is 0 Å². The molecule has 1 aliphatic rings. The van der Waals surface area contributed by atoms with E-state index in [1.54, 1.807) is 0 Å². The van der Waals surface area contributed by atoms with Crippen molar-refractivity contribution < 1.29 is 16.5 Å². The minimum Gasteiger partial charge on any atom is -0.358 e. The summed E-state index contributed by atoms with van der Waals surface area (Å²) in [5.41, 5.74) is 2.55. The molecule has 1 aliphatic carbocycles. The van der Waals surface area contributed by atoms with Crippen LogP contribution in [0.3, 0.4) is 0 Å². The molecule has 0 N–H and O–H groups in total. The summed E-state index contributed by atoms with van der Waals surface area (Å²) in [5.74, 6) is 0. The van der Waals surface area contributed by atoms with E-state index in [2.05, 4.69) is 60.7 Å². The summed E-state index contributed by atoms with van der Waals surface area (Å²) in [6, 6.07) is 20.8. The molecule has 116 valence electrons. The maximum atomic E-state index is 2.99. The van der Waals surface area contributed by atoms with Crippen LogP contribution in [0.2, 0.25) is 0 Å². The van der Waals surface area contributed by atoms with Gasteiger partial charge in [0, 0.05) is 0 Å². The molecule has 0 spiro atoms. The van der Waals surface area contributed by atoms with Gasteiger partial charge < -0.3 is 7.43 Å². The average molecular weight is 363 g/mol. The second-order valence-corrected chi connectivity index (χ2v) is 3.74. The Morgan fingerprint density at radius 3 is 1.43 bits per heavy atom. The minimum atomic E-state index is 0. The standard InChI is InChI=1S/C12H10.C5H5.CH3.ClH.Ni.H3P/c1-3-7-11(8-4-1)12-9-5-2-6-10-12;1-2-4-5-3-1;;;;/h1-10H;1-3H,4H2;1H3;1H;;1H3/q;2*-1;;+2;. The first-order valence-electron chi connectivity index (χ1n) is 5.79. The summed E-state index contributed by atoms with van der Waals surface area (Å²) >= 11 is 0. The molecule has 1 atom stereocenters. The summed E-state index contributed by atoms with van der Waals surface area (Å²) in [5, 5.41) is 0. The topological polar surface area (TPSA) is 0 Å². The molecule has 0 bridgehead atoms. The van der Waals surface area contributed by atoms with Crippen molar-refractivity contribution in [1.82, 2.24) is 0 Å². The molecular formula is C18H22ClNiP. The number of allylic oxidation sites excluding steroid dienone is 4. The van der Waals surface area contributed by atoms with E-state index in [9.17, 15) is 0 Å². The number of benzene rings is 2. The third-order valence-electron chi connectivity index (χ3n) is 2.47. The zero-order valence-corrected chi connectivity index (χ0v) is 15.4. The van der Waals surface area contributed by atoms with Gasteiger partial charge in [-0.2, -0.15) is 16.0 Å². The molecule has 0 nitrogen and oxygen atoms in total. The van der Waals surface area contributed by atoms with Gasteiger partial charge in [-0.05, 0) is 11.1 Å². The van der Waals surface area contributed by atoms with Crippen LogP contribution in [0.25, 0.3) is 11.1 Å². The van der Waals surface area contributed by atoms with E-state index in [4.69, 9.17) is 0 Å². The van der Waals surface area contributed by atoms with Crippen LogP contribution in [0, 0.1) is 13.5 Å². The first-order valence-corrected chi connectivity index (χ1v) is 5.79. The van der Waals surface area contributed by atoms with Crippen LogP contribution in [-0.2, 0) is 16.5 Å². The second kappa shape index (κ2) is 15.5. The first-order chi connectivity index (χ1) is 8.47. The van der Waals surface area contributed by atoms with Crippen molar-refractivity contribution in [2.24, 2.45) is 0 Å². The fraction of sp³-hybridized carbons (Fsp3) is 0.0556. The maximum Gasteiger partial charge on any atom is 2.00 e. The molecule has 2 aromatic carbocycles. The molecule has 0 saturated heterocycles. The van der Waals surface area contributed by atoms with E-state index in [0.717, 1.165) is 6.42 Å². The zero-order chi connectivity index (χ0) is 11.8. The van der Waals surface area contributed by atoms with Crippen molar-refractivity contribution in [3.8, 4) is 11.1 Å². The zero-order valence-electron chi connectivity index (χ0n) is 12.1. The van der Waals surface area contributed by atoms with Crippen LogP contribution in [0.1, 0.15) is 6.42 Å². The Hall–Kier alpha value is -0.866. The van der Waals surface area contributed by atoms with Crippen molar-refractivity contribution in [2.45, 2.75) is 6.42 Å². The van der Waals surface area contributed by atoms with E-state index < -0.39 is 0 Å². The Bertz CT molecular complexity index is 448. The predicted molar refractivity (Wildman–Crippen MR) is 98.2 cm³/mol. The smallest absolute Gasteiger partial charge is 0.358 e. The van der Waals surface area contributed by atoms with Gasteiger partial charge in [-0.25, -0.2) is 12.2 Å². The van der Waals surface area contributed by atoms with Gasteiger partial charge in [0.2, 0.25) is 0 Å². The van der Waals surface area contributed by atoms with Gasteiger partial charge in [-0.15, -0.1) is 18.8 Å². The molecule has 0 radical (unpaired) electrons. The Morgan fingerprint density at radius 1 is 0.762 bits per heavy atom. The predicted octanol–water partition coefficient (Wildman–Crippen LogP) is 5.59. The van der Waals surface area contributed by atoms with E-state index in [0.29, 0.717) is 0 Å². The van der Waals surface area contributed by atoms with Crippen LogP contribution in [-0.4, -0.2) is 0 Å².